The Kier molecular flexibility index (Phi) is 2.06. The first-order valence-electron chi connectivity index (χ1n) is 4.19. The van der Waals surface area contributed by atoms with Gasteiger partial charge >= 0.3 is 0 Å². The lowest BCUT2D eigenvalue weighted by Gasteiger charge is -1.97. The van der Waals surface area contributed by atoms with Gasteiger partial charge in [-0.3, -0.25) is 0 Å². The molecule has 0 bridgehead atoms. The van der Waals surface area contributed by atoms with Crippen LogP contribution in [0.1, 0.15) is 6.92 Å². The summed E-state index contributed by atoms with van der Waals surface area (Å²) < 4.78 is 3.34. The van der Waals surface area contributed by atoms with Gasteiger partial charge < -0.3 is 10.4 Å². The Labute approximate surface area is 80.1 Å². The topological polar surface area (TPSA) is 43.3 Å². The molecule has 0 amide bonds. The van der Waals surface area contributed by atoms with Gasteiger partial charge in [0.2, 0.25) is 4.80 Å². The molecule has 0 fully saturated rings. The van der Waals surface area contributed by atoms with Crippen molar-refractivity contribution < 1.29 is 0 Å². The van der Waals surface area contributed by atoms with E-state index in [1.165, 1.54) is 10.2 Å². The normalized spacial score (nSPS) is 12.5. The van der Waals surface area contributed by atoms with Gasteiger partial charge in [0, 0.05) is 6.54 Å². The summed E-state index contributed by atoms with van der Waals surface area (Å²) >= 11 is 1.62. The number of aromatic nitrogens is 1. The van der Waals surface area contributed by atoms with Crippen molar-refractivity contribution >= 4 is 21.6 Å². The van der Waals surface area contributed by atoms with Gasteiger partial charge in [0.15, 0.2) is 0 Å². The van der Waals surface area contributed by atoms with Crippen LogP contribution in [0.4, 0.5) is 0 Å². The van der Waals surface area contributed by atoms with Gasteiger partial charge in [0.1, 0.15) is 0 Å². The summed E-state index contributed by atoms with van der Waals surface area (Å²) in [5.74, 6) is 5.30. The minimum Gasteiger partial charge on any atom is -0.320 e. The standard InChI is InChI=1S/C9H11N3S/c1-2-12-7-5-3-4-6-8(7)13-9(12)11-10/h3-6H,2,10H2,1H3. The molecule has 4 heteroatoms. The third kappa shape index (κ3) is 1.23. The Bertz CT molecular complexity index is 481. The van der Waals surface area contributed by atoms with Gasteiger partial charge in [0.05, 0.1) is 10.2 Å². The van der Waals surface area contributed by atoms with E-state index in [1.807, 2.05) is 12.1 Å². The lowest BCUT2D eigenvalue weighted by atomic mass is 10.3. The molecule has 0 aliphatic rings. The van der Waals surface area contributed by atoms with E-state index in [-0.39, 0.29) is 0 Å². The average Bonchev–Trinajstić information content (AvgIpc) is 2.55. The number of nitrogens with zero attached hydrogens (tertiary/aromatic N) is 2. The van der Waals surface area contributed by atoms with E-state index in [0.717, 1.165) is 11.3 Å². The SMILES string of the molecule is CCn1c(=NN)sc2ccccc21. The van der Waals surface area contributed by atoms with Crippen molar-refractivity contribution in [2.75, 3.05) is 0 Å². The van der Waals surface area contributed by atoms with Crippen molar-refractivity contribution in [1.82, 2.24) is 4.57 Å². The molecule has 0 atom stereocenters. The molecule has 0 unspecified atom stereocenters. The molecule has 1 aromatic carbocycles. The minimum atomic E-state index is 0.878. The van der Waals surface area contributed by atoms with Crippen molar-refractivity contribution in [2.45, 2.75) is 13.5 Å². The maximum atomic E-state index is 5.30. The Morgan fingerprint density at radius 3 is 2.92 bits per heavy atom. The maximum absolute atomic E-state index is 5.30. The van der Waals surface area contributed by atoms with Crippen LogP contribution in [0.5, 0.6) is 0 Å². The molecule has 2 rings (SSSR count). The van der Waals surface area contributed by atoms with Crippen molar-refractivity contribution in [3.63, 3.8) is 0 Å². The molecular formula is C9H11N3S. The summed E-state index contributed by atoms with van der Waals surface area (Å²) in [5.41, 5.74) is 1.21. The van der Waals surface area contributed by atoms with Gasteiger partial charge in [-0.25, -0.2) is 0 Å². The molecule has 0 saturated heterocycles. The van der Waals surface area contributed by atoms with Gasteiger partial charge in [-0.2, -0.15) is 5.10 Å². The van der Waals surface area contributed by atoms with Gasteiger partial charge in [-0.1, -0.05) is 23.5 Å². The van der Waals surface area contributed by atoms with Crippen LogP contribution < -0.4 is 10.6 Å². The Hall–Kier alpha value is -1.29. The molecule has 0 saturated carbocycles. The van der Waals surface area contributed by atoms with Crippen LogP contribution >= 0.6 is 11.3 Å². The van der Waals surface area contributed by atoms with E-state index in [1.54, 1.807) is 11.3 Å². The van der Waals surface area contributed by atoms with Crippen LogP contribution in [-0.2, 0) is 6.54 Å². The van der Waals surface area contributed by atoms with Crippen LogP contribution in [0.25, 0.3) is 10.2 Å². The molecule has 0 aliphatic heterocycles. The number of fused-ring (bicyclic) bond motifs is 1. The fraction of sp³-hybridized carbons (Fsp3) is 0.222. The van der Waals surface area contributed by atoms with Crippen LogP contribution in [0.2, 0.25) is 0 Å². The third-order valence-electron chi connectivity index (χ3n) is 2.01. The lowest BCUT2D eigenvalue weighted by Crippen LogP contribution is -2.15. The lowest BCUT2D eigenvalue weighted by molar-refractivity contribution is 0.756. The molecule has 0 radical (unpaired) electrons. The first-order chi connectivity index (χ1) is 6.36. The molecule has 0 spiro atoms. The highest BCUT2D eigenvalue weighted by Crippen LogP contribution is 2.15. The molecule has 68 valence electrons. The van der Waals surface area contributed by atoms with Crippen LogP contribution in [0.15, 0.2) is 29.4 Å². The number of aryl methyl sites for hydroxylation is 1. The van der Waals surface area contributed by atoms with E-state index in [0.29, 0.717) is 0 Å². The summed E-state index contributed by atoms with van der Waals surface area (Å²) in [4.78, 5) is 0.878. The van der Waals surface area contributed by atoms with Crippen LogP contribution in [0, 0.1) is 0 Å². The highest BCUT2D eigenvalue weighted by molar-refractivity contribution is 7.16. The zero-order chi connectivity index (χ0) is 9.26. The van der Waals surface area contributed by atoms with Crippen molar-refractivity contribution in [1.29, 1.82) is 0 Å². The largest absolute Gasteiger partial charge is 0.320 e. The number of hydrogen-bond donors (Lipinski definition) is 1. The second kappa shape index (κ2) is 3.22. The van der Waals surface area contributed by atoms with E-state index in [2.05, 4.69) is 28.7 Å². The molecule has 1 heterocycles. The van der Waals surface area contributed by atoms with Crippen LogP contribution in [0.3, 0.4) is 0 Å². The molecule has 0 aliphatic carbocycles. The number of rotatable bonds is 1. The monoisotopic (exact) mass is 193 g/mol. The fourth-order valence-corrected chi connectivity index (χ4v) is 2.44. The maximum Gasteiger partial charge on any atom is 0.208 e. The highest BCUT2D eigenvalue weighted by atomic mass is 32.1. The van der Waals surface area contributed by atoms with E-state index in [9.17, 15) is 0 Å². The number of nitrogens with two attached hydrogens (primary N) is 1. The molecular weight excluding hydrogens is 182 g/mol. The van der Waals surface area contributed by atoms with Gasteiger partial charge in [0.25, 0.3) is 0 Å². The zero-order valence-electron chi connectivity index (χ0n) is 7.40. The number of benzene rings is 1. The minimum absolute atomic E-state index is 0.878. The Balaban J connectivity index is 2.90. The van der Waals surface area contributed by atoms with Crippen molar-refractivity contribution in [3.05, 3.63) is 29.1 Å². The average molecular weight is 193 g/mol. The fourth-order valence-electron chi connectivity index (χ4n) is 1.42. The van der Waals surface area contributed by atoms with E-state index < -0.39 is 0 Å². The van der Waals surface area contributed by atoms with Crippen molar-refractivity contribution in [3.8, 4) is 0 Å². The smallest absolute Gasteiger partial charge is 0.208 e. The second-order valence-electron chi connectivity index (χ2n) is 2.73. The Morgan fingerprint density at radius 1 is 1.46 bits per heavy atom. The highest BCUT2D eigenvalue weighted by Gasteiger charge is 2.01. The quantitative estimate of drug-likeness (QED) is 0.541. The molecule has 3 nitrogen and oxygen atoms in total. The van der Waals surface area contributed by atoms with Crippen LogP contribution in [-0.4, -0.2) is 4.57 Å². The number of thiazole rings is 1. The van der Waals surface area contributed by atoms with Gasteiger partial charge in [-0.05, 0) is 19.1 Å². The zero-order valence-corrected chi connectivity index (χ0v) is 8.21. The second-order valence-corrected chi connectivity index (χ2v) is 3.73. The predicted octanol–water partition coefficient (Wildman–Crippen LogP) is 1.50. The first-order valence-corrected chi connectivity index (χ1v) is 5.00. The molecule has 2 N–H and O–H groups in total. The predicted molar refractivity (Wildman–Crippen MR) is 55.2 cm³/mol. The third-order valence-corrected chi connectivity index (χ3v) is 3.09. The van der Waals surface area contributed by atoms with E-state index in [4.69, 9.17) is 5.84 Å². The number of para-hydroxylation sites is 1. The molecule has 2 aromatic rings. The summed E-state index contributed by atoms with van der Waals surface area (Å²) in [7, 11) is 0. The molecule has 1 aromatic heterocycles. The summed E-state index contributed by atoms with van der Waals surface area (Å²) in [6, 6.07) is 8.23. The van der Waals surface area contributed by atoms with E-state index >= 15 is 0 Å². The summed E-state index contributed by atoms with van der Waals surface area (Å²) in [6.45, 7) is 2.99. The molecule has 13 heavy (non-hydrogen) atoms. The first kappa shape index (κ1) is 8.31. The van der Waals surface area contributed by atoms with Crippen molar-refractivity contribution in [2.24, 2.45) is 10.9 Å². The number of hydrogen-bond acceptors (Lipinski definition) is 3. The summed E-state index contributed by atoms with van der Waals surface area (Å²) in [6.07, 6.45) is 0. The summed E-state index contributed by atoms with van der Waals surface area (Å²) in [5, 5.41) is 3.76. The Morgan fingerprint density at radius 2 is 2.23 bits per heavy atom. The van der Waals surface area contributed by atoms with Gasteiger partial charge in [-0.15, -0.1) is 0 Å².